The Hall–Kier alpha value is -1.75. The number of nitrogen functional groups attached to an aromatic ring is 1. The van der Waals surface area contributed by atoms with Gasteiger partial charge in [0.25, 0.3) is 5.91 Å². The third-order valence-electron chi connectivity index (χ3n) is 2.42. The maximum atomic E-state index is 11.7. The van der Waals surface area contributed by atoms with Crippen LogP contribution in [0.4, 0.5) is 11.4 Å². The second kappa shape index (κ2) is 5.27. The molecule has 0 radical (unpaired) electrons. The van der Waals surface area contributed by atoms with Gasteiger partial charge < -0.3 is 21.1 Å². The first-order valence-corrected chi connectivity index (χ1v) is 5.78. The Morgan fingerprint density at radius 1 is 1.44 bits per heavy atom. The van der Waals surface area contributed by atoms with Crippen LogP contribution in [0.3, 0.4) is 0 Å². The molecule has 5 heteroatoms. The highest BCUT2D eigenvalue weighted by atomic mass is 16.3. The van der Waals surface area contributed by atoms with Crippen molar-refractivity contribution >= 4 is 17.3 Å². The molecule has 0 aliphatic heterocycles. The average Bonchev–Trinajstić information content (AvgIpc) is 2.25. The molecular weight excluding hydrogens is 230 g/mol. The number of anilines is 2. The summed E-state index contributed by atoms with van der Waals surface area (Å²) >= 11 is 0. The number of hydrogen-bond acceptors (Lipinski definition) is 4. The minimum absolute atomic E-state index is 0.0873. The monoisotopic (exact) mass is 251 g/mol. The summed E-state index contributed by atoms with van der Waals surface area (Å²) in [6.07, 6.45) is 0. The van der Waals surface area contributed by atoms with E-state index in [4.69, 9.17) is 5.73 Å². The molecule has 0 saturated heterocycles. The first kappa shape index (κ1) is 14.3. The molecule has 0 saturated carbocycles. The highest BCUT2D eigenvalue weighted by Crippen LogP contribution is 2.21. The van der Waals surface area contributed by atoms with Gasteiger partial charge in [0.15, 0.2) is 0 Å². The normalized spacial score (nSPS) is 11.2. The van der Waals surface area contributed by atoms with Crippen molar-refractivity contribution in [3.8, 4) is 0 Å². The zero-order valence-electron chi connectivity index (χ0n) is 11.3. The molecule has 0 aliphatic carbocycles. The van der Waals surface area contributed by atoms with Crippen molar-refractivity contribution in [2.45, 2.75) is 19.4 Å². The molecule has 0 spiro atoms. The average molecular weight is 251 g/mol. The number of aliphatic hydroxyl groups is 1. The predicted molar refractivity (Wildman–Crippen MR) is 73.7 cm³/mol. The maximum Gasteiger partial charge on any atom is 0.253 e. The number of nitrogens with one attached hydrogen (secondary N) is 1. The largest absolute Gasteiger partial charge is 0.397 e. The first-order valence-electron chi connectivity index (χ1n) is 5.78. The minimum Gasteiger partial charge on any atom is -0.397 e. The van der Waals surface area contributed by atoms with E-state index in [0.717, 1.165) is 0 Å². The Labute approximate surface area is 108 Å². The van der Waals surface area contributed by atoms with Crippen LogP contribution in [-0.2, 0) is 0 Å². The van der Waals surface area contributed by atoms with Crippen molar-refractivity contribution in [2.75, 3.05) is 31.7 Å². The van der Waals surface area contributed by atoms with Crippen LogP contribution in [0.1, 0.15) is 24.2 Å². The number of nitrogens with two attached hydrogens (primary N) is 1. The second-order valence-electron chi connectivity index (χ2n) is 5.17. The van der Waals surface area contributed by atoms with E-state index in [0.29, 0.717) is 23.5 Å². The molecule has 0 bridgehead atoms. The fourth-order valence-corrected chi connectivity index (χ4v) is 1.43. The van der Waals surface area contributed by atoms with Crippen LogP contribution >= 0.6 is 0 Å². The van der Waals surface area contributed by atoms with E-state index in [1.807, 2.05) is 0 Å². The molecule has 0 heterocycles. The summed E-state index contributed by atoms with van der Waals surface area (Å²) in [6.45, 7) is 3.80. The van der Waals surface area contributed by atoms with Gasteiger partial charge >= 0.3 is 0 Å². The van der Waals surface area contributed by atoms with Gasteiger partial charge in [-0.1, -0.05) is 0 Å². The summed E-state index contributed by atoms with van der Waals surface area (Å²) < 4.78 is 0. The van der Waals surface area contributed by atoms with Crippen molar-refractivity contribution in [1.29, 1.82) is 0 Å². The number of amides is 1. The zero-order chi connectivity index (χ0) is 13.9. The van der Waals surface area contributed by atoms with Gasteiger partial charge in [-0.2, -0.15) is 0 Å². The summed E-state index contributed by atoms with van der Waals surface area (Å²) in [6, 6.07) is 5.10. The maximum absolute atomic E-state index is 11.7. The second-order valence-corrected chi connectivity index (χ2v) is 5.17. The lowest BCUT2D eigenvalue weighted by molar-refractivity contribution is 0.0827. The number of carbonyl (C=O) groups is 1. The summed E-state index contributed by atoms with van der Waals surface area (Å²) in [4.78, 5) is 13.2. The lowest BCUT2D eigenvalue weighted by atomic mass is 10.1. The van der Waals surface area contributed by atoms with E-state index < -0.39 is 5.60 Å². The van der Waals surface area contributed by atoms with Crippen molar-refractivity contribution in [1.82, 2.24) is 4.90 Å². The van der Waals surface area contributed by atoms with E-state index in [-0.39, 0.29) is 5.91 Å². The molecule has 0 atom stereocenters. The van der Waals surface area contributed by atoms with Crippen LogP contribution < -0.4 is 11.1 Å². The molecule has 4 N–H and O–H groups in total. The number of benzene rings is 1. The summed E-state index contributed by atoms with van der Waals surface area (Å²) in [5, 5.41) is 12.7. The Morgan fingerprint density at radius 3 is 2.50 bits per heavy atom. The lowest BCUT2D eigenvalue weighted by Crippen LogP contribution is -2.29. The molecular formula is C13H21N3O2. The minimum atomic E-state index is -0.815. The number of carbonyl (C=O) groups excluding carboxylic acids is 1. The fraction of sp³-hybridized carbons (Fsp3) is 0.462. The Bertz CT molecular complexity index is 436. The molecule has 1 rings (SSSR count). The van der Waals surface area contributed by atoms with Crippen LogP contribution in [0.2, 0.25) is 0 Å². The van der Waals surface area contributed by atoms with E-state index in [1.54, 1.807) is 46.1 Å². The fourth-order valence-electron chi connectivity index (χ4n) is 1.43. The van der Waals surface area contributed by atoms with E-state index in [9.17, 15) is 9.90 Å². The number of rotatable bonds is 4. The molecule has 100 valence electrons. The van der Waals surface area contributed by atoms with Gasteiger partial charge in [-0.05, 0) is 32.0 Å². The third kappa shape index (κ3) is 3.92. The third-order valence-corrected chi connectivity index (χ3v) is 2.42. The Morgan fingerprint density at radius 2 is 2.06 bits per heavy atom. The molecule has 0 aromatic heterocycles. The molecule has 1 amide bonds. The van der Waals surface area contributed by atoms with Crippen LogP contribution in [0, 0.1) is 0 Å². The molecule has 0 fully saturated rings. The van der Waals surface area contributed by atoms with E-state index >= 15 is 0 Å². The molecule has 5 nitrogen and oxygen atoms in total. The highest BCUT2D eigenvalue weighted by Gasteiger charge is 2.14. The van der Waals surface area contributed by atoms with Gasteiger partial charge in [-0.15, -0.1) is 0 Å². The molecule has 18 heavy (non-hydrogen) atoms. The summed E-state index contributed by atoms with van der Waals surface area (Å²) in [5.41, 5.74) is 6.81. The van der Waals surface area contributed by atoms with E-state index in [2.05, 4.69) is 5.32 Å². The van der Waals surface area contributed by atoms with Crippen LogP contribution in [0.15, 0.2) is 18.2 Å². The number of hydrogen-bond donors (Lipinski definition) is 3. The van der Waals surface area contributed by atoms with Crippen molar-refractivity contribution in [2.24, 2.45) is 0 Å². The van der Waals surface area contributed by atoms with Crippen LogP contribution in [0.5, 0.6) is 0 Å². The summed E-state index contributed by atoms with van der Waals surface area (Å²) in [7, 11) is 3.39. The lowest BCUT2D eigenvalue weighted by Gasteiger charge is -2.20. The molecule has 1 aromatic rings. The molecule has 0 aliphatic rings. The number of nitrogens with zero attached hydrogens (tertiary/aromatic N) is 1. The van der Waals surface area contributed by atoms with Gasteiger partial charge in [0.05, 0.1) is 17.0 Å². The smallest absolute Gasteiger partial charge is 0.253 e. The first-order chi connectivity index (χ1) is 8.20. The zero-order valence-corrected chi connectivity index (χ0v) is 11.3. The van der Waals surface area contributed by atoms with Gasteiger partial charge in [0, 0.05) is 26.2 Å². The predicted octanol–water partition coefficient (Wildman–Crippen LogP) is 1.15. The SMILES string of the molecule is CN(C)C(=O)c1ccc(NCC(C)(C)O)c(N)c1. The van der Waals surface area contributed by atoms with Gasteiger partial charge in [-0.3, -0.25) is 4.79 Å². The Kier molecular flexibility index (Phi) is 4.19. The quantitative estimate of drug-likeness (QED) is 0.701. The van der Waals surface area contributed by atoms with Crippen molar-refractivity contribution < 1.29 is 9.90 Å². The van der Waals surface area contributed by atoms with E-state index in [1.165, 1.54) is 4.90 Å². The Balaban J connectivity index is 2.83. The topological polar surface area (TPSA) is 78.6 Å². The van der Waals surface area contributed by atoms with Crippen molar-refractivity contribution in [3.63, 3.8) is 0 Å². The van der Waals surface area contributed by atoms with Crippen LogP contribution in [-0.4, -0.2) is 42.2 Å². The van der Waals surface area contributed by atoms with Gasteiger partial charge in [0.2, 0.25) is 0 Å². The summed E-state index contributed by atoms with van der Waals surface area (Å²) in [5.74, 6) is -0.0873. The standard InChI is InChI=1S/C13H21N3O2/c1-13(2,18)8-15-11-6-5-9(7-10(11)14)12(17)16(3)4/h5-7,15,18H,8,14H2,1-4H3. The van der Waals surface area contributed by atoms with Crippen molar-refractivity contribution in [3.05, 3.63) is 23.8 Å². The molecule has 0 unspecified atom stereocenters. The highest BCUT2D eigenvalue weighted by molar-refractivity contribution is 5.95. The van der Waals surface area contributed by atoms with Crippen LogP contribution in [0.25, 0.3) is 0 Å². The molecule has 1 aromatic carbocycles. The van der Waals surface area contributed by atoms with Gasteiger partial charge in [-0.25, -0.2) is 0 Å². The van der Waals surface area contributed by atoms with Gasteiger partial charge in [0.1, 0.15) is 0 Å².